The van der Waals surface area contributed by atoms with Crippen molar-refractivity contribution in [2.45, 2.75) is 52.4 Å². The number of nitrogens with one attached hydrogen (secondary N) is 1. The predicted molar refractivity (Wildman–Crippen MR) is 80.1 cm³/mol. The van der Waals surface area contributed by atoms with E-state index in [1.807, 2.05) is 0 Å². The van der Waals surface area contributed by atoms with Crippen LogP contribution in [0, 0.1) is 5.92 Å². The van der Waals surface area contributed by atoms with Crippen molar-refractivity contribution < 1.29 is 0 Å². The molecule has 1 atom stereocenters. The molecule has 0 fully saturated rings. The summed E-state index contributed by atoms with van der Waals surface area (Å²) in [7, 11) is 0. The summed E-state index contributed by atoms with van der Waals surface area (Å²) in [6.07, 6.45) is 3.35. The molecule has 2 aromatic heterocycles. The Labute approximate surface area is 117 Å². The fourth-order valence-electron chi connectivity index (χ4n) is 2.71. The lowest BCUT2D eigenvalue weighted by atomic mass is 9.89. The topological polar surface area (TPSA) is 45.8 Å². The maximum Gasteiger partial charge on any atom is 0.259 e. The standard InChI is InChI=1S/C15H20N2OS/c1-8-5-6-10-9(7-8)11-12(18)16-14(15(2,3)4)17-13(11)19-10/h8H,5-7H2,1-4H3,(H,16,17,18)/t8-/m1/s1. The number of hydrogen-bond donors (Lipinski definition) is 1. The van der Waals surface area contributed by atoms with Gasteiger partial charge in [0.25, 0.3) is 5.56 Å². The van der Waals surface area contributed by atoms with Crippen molar-refractivity contribution in [3.63, 3.8) is 0 Å². The van der Waals surface area contributed by atoms with Gasteiger partial charge in [-0.25, -0.2) is 4.98 Å². The minimum atomic E-state index is -0.120. The zero-order chi connectivity index (χ0) is 13.8. The van der Waals surface area contributed by atoms with Crippen molar-refractivity contribution in [2.24, 2.45) is 5.92 Å². The van der Waals surface area contributed by atoms with Gasteiger partial charge in [0.1, 0.15) is 10.7 Å². The summed E-state index contributed by atoms with van der Waals surface area (Å²) in [5.41, 5.74) is 1.18. The van der Waals surface area contributed by atoms with E-state index in [2.05, 4.69) is 32.7 Å². The van der Waals surface area contributed by atoms with E-state index in [4.69, 9.17) is 4.98 Å². The lowest BCUT2D eigenvalue weighted by Gasteiger charge is -2.18. The molecule has 1 aliphatic rings. The number of H-pyrrole nitrogens is 1. The number of aryl methyl sites for hydroxylation is 1. The van der Waals surface area contributed by atoms with Crippen molar-refractivity contribution in [3.05, 3.63) is 26.6 Å². The summed E-state index contributed by atoms with van der Waals surface area (Å²) in [5.74, 6) is 1.46. The number of rotatable bonds is 0. The fourth-order valence-corrected chi connectivity index (χ4v) is 3.93. The summed E-state index contributed by atoms with van der Waals surface area (Å²) in [6.45, 7) is 8.49. The molecule has 2 aromatic rings. The van der Waals surface area contributed by atoms with E-state index in [1.54, 1.807) is 11.3 Å². The Kier molecular flexibility index (Phi) is 2.82. The molecule has 102 valence electrons. The molecule has 0 spiro atoms. The second-order valence-electron chi connectivity index (χ2n) is 6.70. The van der Waals surface area contributed by atoms with E-state index in [0.717, 1.165) is 28.9 Å². The zero-order valence-corrected chi connectivity index (χ0v) is 12.8. The third-order valence-corrected chi connectivity index (χ3v) is 5.06. The highest BCUT2D eigenvalue weighted by molar-refractivity contribution is 7.18. The number of hydrogen-bond acceptors (Lipinski definition) is 3. The van der Waals surface area contributed by atoms with E-state index in [-0.39, 0.29) is 11.0 Å². The number of fused-ring (bicyclic) bond motifs is 3. The Morgan fingerprint density at radius 1 is 1.37 bits per heavy atom. The average Bonchev–Trinajstić information content (AvgIpc) is 2.65. The molecule has 1 N–H and O–H groups in total. The van der Waals surface area contributed by atoms with Gasteiger partial charge in [0, 0.05) is 10.3 Å². The first kappa shape index (κ1) is 12.9. The van der Waals surface area contributed by atoms with Crippen molar-refractivity contribution in [1.82, 2.24) is 9.97 Å². The average molecular weight is 276 g/mol. The van der Waals surface area contributed by atoms with E-state index >= 15 is 0 Å². The van der Waals surface area contributed by atoms with Crippen LogP contribution in [0.1, 0.15) is 50.4 Å². The molecule has 0 radical (unpaired) electrons. The van der Waals surface area contributed by atoms with Gasteiger partial charge >= 0.3 is 0 Å². The van der Waals surface area contributed by atoms with Crippen LogP contribution in [-0.2, 0) is 18.3 Å². The number of aromatic amines is 1. The van der Waals surface area contributed by atoms with Crippen LogP contribution in [0.5, 0.6) is 0 Å². The Morgan fingerprint density at radius 3 is 2.79 bits per heavy atom. The number of aromatic nitrogens is 2. The summed E-state index contributed by atoms with van der Waals surface area (Å²) in [4.78, 5) is 22.4. The number of thiophene rings is 1. The molecule has 0 saturated heterocycles. The molecule has 0 unspecified atom stereocenters. The van der Waals surface area contributed by atoms with Crippen molar-refractivity contribution >= 4 is 21.6 Å². The van der Waals surface area contributed by atoms with Crippen LogP contribution >= 0.6 is 11.3 Å². The van der Waals surface area contributed by atoms with E-state index in [0.29, 0.717) is 5.92 Å². The van der Waals surface area contributed by atoms with Crippen molar-refractivity contribution in [2.75, 3.05) is 0 Å². The first-order valence-electron chi connectivity index (χ1n) is 6.91. The monoisotopic (exact) mass is 276 g/mol. The maximum absolute atomic E-state index is 12.4. The second-order valence-corrected chi connectivity index (χ2v) is 7.78. The van der Waals surface area contributed by atoms with Gasteiger partial charge in [-0.2, -0.15) is 0 Å². The highest BCUT2D eigenvalue weighted by atomic mass is 32.1. The van der Waals surface area contributed by atoms with E-state index in [1.165, 1.54) is 16.9 Å². The van der Waals surface area contributed by atoms with Gasteiger partial charge in [-0.15, -0.1) is 11.3 Å². The highest BCUT2D eigenvalue weighted by Crippen LogP contribution is 2.36. The molecule has 3 nitrogen and oxygen atoms in total. The van der Waals surface area contributed by atoms with Gasteiger partial charge in [0.15, 0.2) is 0 Å². The largest absolute Gasteiger partial charge is 0.309 e. The van der Waals surface area contributed by atoms with Crippen LogP contribution in [0.4, 0.5) is 0 Å². The molecule has 4 heteroatoms. The third kappa shape index (κ3) is 2.12. The molecular weight excluding hydrogens is 256 g/mol. The second kappa shape index (κ2) is 4.17. The minimum Gasteiger partial charge on any atom is -0.309 e. The van der Waals surface area contributed by atoms with Gasteiger partial charge < -0.3 is 4.98 Å². The quantitative estimate of drug-likeness (QED) is 0.801. The Balaban J connectivity index is 2.27. The van der Waals surface area contributed by atoms with Crippen LogP contribution in [0.15, 0.2) is 4.79 Å². The van der Waals surface area contributed by atoms with Crippen LogP contribution in [0.2, 0.25) is 0 Å². The molecule has 19 heavy (non-hydrogen) atoms. The van der Waals surface area contributed by atoms with Gasteiger partial charge in [-0.3, -0.25) is 4.79 Å². The smallest absolute Gasteiger partial charge is 0.259 e. The zero-order valence-electron chi connectivity index (χ0n) is 12.0. The predicted octanol–water partition coefficient (Wildman–Crippen LogP) is 3.41. The van der Waals surface area contributed by atoms with Crippen LogP contribution in [0.25, 0.3) is 10.2 Å². The van der Waals surface area contributed by atoms with Crippen molar-refractivity contribution in [1.29, 1.82) is 0 Å². The van der Waals surface area contributed by atoms with Crippen LogP contribution in [0.3, 0.4) is 0 Å². The minimum absolute atomic E-state index is 0.0431. The fraction of sp³-hybridized carbons (Fsp3) is 0.600. The van der Waals surface area contributed by atoms with Gasteiger partial charge in [-0.1, -0.05) is 27.7 Å². The molecule has 3 rings (SSSR count). The van der Waals surface area contributed by atoms with E-state index < -0.39 is 0 Å². The van der Waals surface area contributed by atoms with E-state index in [9.17, 15) is 4.79 Å². The van der Waals surface area contributed by atoms with Crippen LogP contribution in [-0.4, -0.2) is 9.97 Å². The summed E-state index contributed by atoms with van der Waals surface area (Å²) >= 11 is 1.72. The molecule has 0 aliphatic heterocycles. The highest BCUT2D eigenvalue weighted by Gasteiger charge is 2.25. The molecular formula is C15H20N2OS. The first-order valence-corrected chi connectivity index (χ1v) is 7.73. The lowest BCUT2D eigenvalue weighted by Crippen LogP contribution is -2.22. The Morgan fingerprint density at radius 2 is 2.11 bits per heavy atom. The van der Waals surface area contributed by atoms with Crippen molar-refractivity contribution in [3.8, 4) is 0 Å². The molecule has 0 bridgehead atoms. The summed E-state index contributed by atoms with van der Waals surface area (Å²) < 4.78 is 0. The normalized spacial score (nSPS) is 19.7. The van der Waals surface area contributed by atoms with Crippen LogP contribution < -0.4 is 5.56 Å². The first-order chi connectivity index (χ1) is 8.86. The Bertz CT molecular complexity index is 690. The van der Waals surface area contributed by atoms with Gasteiger partial charge in [0.2, 0.25) is 0 Å². The molecule has 0 aromatic carbocycles. The molecule has 1 aliphatic carbocycles. The Hall–Kier alpha value is -1.16. The summed E-state index contributed by atoms with van der Waals surface area (Å²) in [6, 6.07) is 0. The molecule has 2 heterocycles. The summed E-state index contributed by atoms with van der Waals surface area (Å²) in [5, 5.41) is 0.847. The van der Waals surface area contributed by atoms with Gasteiger partial charge in [0.05, 0.1) is 5.39 Å². The maximum atomic E-state index is 12.4. The van der Waals surface area contributed by atoms with Gasteiger partial charge in [-0.05, 0) is 30.7 Å². The molecule has 0 amide bonds. The number of nitrogens with zero attached hydrogens (tertiary/aromatic N) is 1. The third-order valence-electron chi connectivity index (χ3n) is 3.87. The lowest BCUT2D eigenvalue weighted by molar-refractivity contribution is 0.508. The molecule has 0 saturated carbocycles. The SMILES string of the molecule is C[C@@H]1CCc2sc3nc(C(C)(C)C)[nH]c(=O)c3c2C1.